The maximum Gasteiger partial charge on any atom is 0.102 e. The van der Waals surface area contributed by atoms with Crippen LogP contribution < -0.4 is 0 Å². The zero-order valence-electron chi connectivity index (χ0n) is 8.61. The molecule has 0 saturated carbocycles. The highest BCUT2D eigenvalue weighted by atomic mass is 35.5. The number of alkyl halides is 1. The van der Waals surface area contributed by atoms with Gasteiger partial charge in [-0.1, -0.05) is 6.07 Å². The summed E-state index contributed by atoms with van der Waals surface area (Å²) in [4.78, 5) is 4.13. The van der Waals surface area contributed by atoms with Gasteiger partial charge in [0.15, 0.2) is 0 Å². The molecule has 0 amide bonds. The predicted octanol–water partition coefficient (Wildman–Crippen LogP) is 4.93. The SMILES string of the molecule is ClC(c1cccs1)c1cc2c(s1)CCSC2. The van der Waals surface area contributed by atoms with Crippen LogP contribution >= 0.6 is 46.0 Å². The average Bonchev–Trinajstić information content (AvgIpc) is 2.97. The Kier molecular flexibility index (Phi) is 3.29. The van der Waals surface area contributed by atoms with E-state index in [1.165, 1.54) is 33.2 Å². The minimum atomic E-state index is 0.0561. The fraction of sp³-hybridized carbons (Fsp3) is 0.333. The molecule has 1 aliphatic rings. The number of halogens is 1. The molecule has 0 nitrogen and oxygen atoms in total. The molecule has 3 heterocycles. The van der Waals surface area contributed by atoms with Gasteiger partial charge in [-0.2, -0.15) is 11.8 Å². The highest BCUT2D eigenvalue weighted by molar-refractivity contribution is 7.98. The largest absolute Gasteiger partial charge is 0.157 e. The van der Waals surface area contributed by atoms with E-state index < -0.39 is 0 Å². The normalized spacial score (nSPS) is 17.1. The van der Waals surface area contributed by atoms with Crippen molar-refractivity contribution in [2.45, 2.75) is 17.6 Å². The number of rotatable bonds is 2. The van der Waals surface area contributed by atoms with E-state index in [1.54, 1.807) is 16.2 Å². The Bertz CT molecular complexity index is 449. The Morgan fingerprint density at radius 2 is 2.25 bits per heavy atom. The summed E-state index contributed by atoms with van der Waals surface area (Å²) in [5.74, 6) is 2.43. The molecule has 4 heteroatoms. The van der Waals surface area contributed by atoms with Crippen LogP contribution in [0.1, 0.15) is 25.6 Å². The summed E-state index contributed by atoms with van der Waals surface area (Å²) < 4.78 is 0. The Labute approximate surface area is 113 Å². The van der Waals surface area contributed by atoms with E-state index in [0.717, 1.165) is 0 Å². The third-order valence-electron chi connectivity index (χ3n) is 2.69. The van der Waals surface area contributed by atoms with Crippen LogP contribution in [0.5, 0.6) is 0 Å². The Balaban J connectivity index is 1.92. The number of thioether (sulfide) groups is 1. The van der Waals surface area contributed by atoms with Crippen molar-refractivity contribution in [3.05, 3.63) is 43.8 Å². The summed E-state index contributed by atoms with van der Waals surface area (Å²) in [5.41, 5.74) is 1.51. The van der Waals surface area contributed by atoms with Crippen LogP contribution in [0.25, 0.3) is 0 Å². The van der Waals surface area contributed by atoms with Crippen LogP contribution in [0.15, 0.2) is 23.6 Å². The molecule has 0 bridgehead atoms. The van der Waals surface area contributed by atoms with E-state index >= 15 is 0 Å². The summed E-state index contributed by atoms with van der Waals surface area (Å²) in [5, 5.41) is 2.15. The third-order valence-corrected chi connectivity index (χ3v) is 6.67. The highest BCUT2D eigenvalue weighted by Crippen LogP contribution is 2.40. The van der Waals surface area contributed by atoms with Gasteiger partial charge in [0.2, 0.25) is 0 Å². The van der Waals surface area contributed by atoms with Gasteiger partial charge >= 0.3 is 0 Å². The first-order valence-electron chi connectivity index (χ1n) is 5.21. The topological polar surface area (TPSA) is 0 Å². The lowest BCUT2D eigenvalue weighted by molar-refractivity contribution is 1.13. The molecule has 0 saturated heterocycles. The average molecular weight is 287 g/mol. The summed E-state index contributed by atoms with van der Waals surface area (Å²) in [6.45, 7) is 0. The summed E-state index contributed by atoms with van der Waals surface area (Å²) in [6.07, 6.45) is 1.22. The zero-order valence-corrected chi connectivity index (χ0v) is 11.8. The summed E-state index contributed by atoms with van der Waals surface area (Å²) in [6, 6.07) is 6.50. The Hall–Kier alpha value is 0.0400. The minimum Gasteiger partial charge on any atom is -0.157 e. The van der Waals surface area contributed by atoms with Gasteiger partial charge in [-0.15, -0.1) is 34.3 Å². The van der Waals surface area contributed by atoms with Crippen molar-refractivity contribution in [2.75, 3.05) is 5.75 Å². The van der Waals surface area contributed by atoms with Crippen molar-refractivity contribution in [1.29, 1.82) is 0 Å². The molecule has 1 aliphatic heterocycles. The molecule has 2 aromatic heterocycles. The molecule has 0 radical (unpaired) electrons. The molecule has 1 atom stereocenters. The fourth-order valence-electron chi connectivity index (χ4n) is 1.87. The number of hydrogen-bond donors (Lipinski definition) is 0. The van der Waals surface area contributed by atoms with Crippen molar-refractivity contribution < 1.29 is 0 Å². The van der Waals surface area contributed by atoms with E-state index in [9.17, 15) is 0 Å². The molecular formula is C12H11ClS3. The van der Waals surface area contributed by atoms with E-state index in [0.29, 0.717) is 0 Å². The highest BCUT2D eigenvalue weighted by Gasteiger charge is 2.19. The Morgan fingerprint density at radius 1 is 1.31 bits per heavy atom. The lowest BCUT2D eigenvalue weighted by Crippen LogP contribution is -1.96. The molecule has 1 unspecified atom stereocenters. The quantitative estimate of drug-likeness (QED) is 0.706. The first-order valence-corrected chi connectivity index (χ1v) is 8.50. The van der Waals surface area contributed by atoms with Gasteiger partial charge in [-0.3, -0.25) is 0 Å². The third kappa shape index (κ3) is 2.06. The summed E-state index contributed by atoms with van der Waals surface area (Å²) >= 11 is 12.2. The molecule has 0 fully saturated rings. The second-order valence-corrected chi connectivity index (χ2v) is 7.47. The van der Waals surface area contributed by atoms with Crippen LogP contribution in [0.4, 0.5) is 0 Å². The van der Waals surface area contributed by atoms with Gasteiger partial charge in [0.05, 0.1) is 0 Å². The van der Waals surface area contributed by atoms with Crippen molar-refractivity contribution in [3.63, 3.8) is 0 Å². The van der Waals surface area contributed by atoms with Gasteiger partial charge in [-0.05, 0) is 35.2 Å². The standard InChI is InChI=1S/C12H11ClS3/c13-12(10-2-1-4-15-10)11-6-8-7-14-5-3-9(8)16-11/h1-2,4,6,12H,3,5,7H2. The van der Waals surface area contributed by atoms with E-state index in [-0.39, 0.29) is 5.38 Å². The van der Waals surface area contributed by atoms with Crippen LogP contribution in [-0.2, 0) is 12.2 Å². The lowest BCUT2D eigenvalue weighted by atomic mass is 10.2. The van der Waals surface area contributed by atoms with Crippen LogP contribution in [0, 0.1) is 0 Å². The molecule has 0 spiro atoms. The monoisotopic (exact) mass is 286 g/mol. The smallest absolute Gasteiger partial charge is 0.102 e. The maximum absolute atomic E-state index is 6.51. The number of thiophene rings is 2. The van der Waals surface area contributed by atoms with Crippen molar-refractivity contribution in [3.8, 4) is 0 Å². The maximum atomic E-state index is 6.51. The zero-order chi connectivity index (χ0) is 11.0. The Morgan fingerprint density at radius 3 is 3.00 bits per heavy atom. The lowest BCUT2D eigenvalue weighted by Gasteiger charge is -2.08. The minimum absolute atomic E-state index is 0.0561. The van der Waals surface area contributed by atoms with Crippen LogP contribution in [0.3, 0.4) is 0 Å². The number of hydrogen-bond acceptors (Lipinski definition) is 3. The first kappa shape index (κ1) is 11.1. The molecule has 2 aromatic rings. The van der Waals surface area contributed by atoms with Gasteiger partial charge in [0.25, 0.3) is 0 Å². The van der Waals surface area contributed by atoms with Gasteiger partial charge in [0, 0.05) is 20.4 Å². The van der Waals surface area contributed by atoms with Gasteiger partial charge < -0.3 is 0 Å². The molecule has 84 valence electrons. The van der Waals surface area contributed by atoms with E-state index in [4.69, 9.17) is 11.6 Å². The van der Waals surface area contributed by atoms with Crippen molar-refractivity contribution in [1.82, 2.24) is 0 Å². The van der Waals surface area contributed by atoms with Crippen LogP contribution in [0.2, 0.25) is 0 Å². The van der Waals surface area contributed by atoms with Crippen molar-refractivity contribution >= 4 is 46.0 Å². The number of fused-ring (bicyclic) bond motifs is 1. The van der Waals surface area contributed by atoms with Crippen LogP contribution in [-0.4, -0.2) is 5.75 Å². The van der Waals surface area contributed by atoms with E-state index in [1.807, 2.05) is 23.1 Å². The fourth-order valence-corrected chi connectivity index (χ4v) is 5.46. The predicted molar refractivity (Wildman–Crippen MR) is 76.2 cm³/mol. The first-order chi connectivity index (χ1) is 7.84. The van der Waals surface area contributed by atoms with Crippen molar-refractivity contribution in [2.24, 2.45) is 0 Å². The van der Waals surface area contributed by atoms with Gasteiger partial charge in [-0.25, -0.2) is 0 Å². The molecule has 16 heavy (non-hydrogen) atoms. The second kappa shape index (κ2) is 4.73. The molecule has 3 rings (SSSR count). The molecule has 0 N–H and O–H groups in total. The number of aryl methyl sites for hydroxylation is 1. The van der Waals surface area contributed by atoms with E-state index in [2.05, 4.69) is 23.6 Å². The molecule has 0 aromatic carbocycles. The molecule has 0 aliphatic carbocycles. The second-order valence-electron chi connectivity index (χ2n) is 3.78. The molecular weight excluding hydrogens is 276 g/mol. The van der Waals surface area contributed by atoms with Gasteiger partial charge in [0.1, 0.15) is 5.38 Å². The summed E-state index contributed by atoms with van der Waals surface area (Å²) in [7, 11) is 0.